The molecule has 7 nitrogen and oxygen atoms in total. The van der Waals surface area contributed by atoms with Gasteiger partial charge < -0.3 is 4.74 Å². The first-order valence-electron chi connectivity index (χ1n) is 10.8. The van der Waals surface area contributed by atoms with E-state index in [-0.39, 0.29) is 23.2 Å². The van der Waals surface area contributed by atoms with E-state index in [4.69, 9.17) is 4.74 Å². The molecule has 0 fully saturated rings. The minimum absolute atomic E-state index is 0.188. The van der Waals surface area contributed by atoms with Gasteiger partial charge in [0.25, 0.3) is 5.56 Å². The van der Waals surface area contributed by atoms with Crippen LogP contribution < -0.4 is 5.56 Å². The Balaban J connectivity index is 1.80. The molecule has 168 valence electrons. The molecule has 4 rings (SSSR count). The summed E-state index contributed by atoms with van der Waals surface area (Å²) in [6.45, 7) is 6.74. The molecule has 2 aromatic heterocycles. The van der Waals surface area contributed by atoms with Crippen LogP contribution in [0.1, 0.15) is 60.5 Å². The van der Waals surface area contributed by atoms with Crippen molar-refractivity contribution in [3.05, 3.63) is 56.7 Å². The van der Waals surface area contributed by atoms with Crippen molar-refractivity contribution in [3.8, 4) is 0 Å². The Labute approximate surface area is 190 Å². The van der Waals surface area contributed by atoms with Crippen molar-refractivity contribution in [2.24, 2.45) is 11.3 Å². The lowest BCUT2D eigenvalue weighted by Gasteiger charge is -2.33. The number of fused-ring (bicyclic) bond motifs is 3. The number of aromatic nitrogens is 3. The lowest BCUT2D eigenvalue weighted by Crippen LogP contribution is -2.35. The Bertz CT molecular complexity index is 1220. The first-order valence-corrected chi connectivity index (χ1v) is 11.6. The minimum atomic E-state index is -1.12. The zero-order valence-electron chi connectivity index (χ0n) is 18.8. The molecule has 0 amide bonds. The quantitative estimate of drug-likeness (QED) is 0.429. The molecule has 1 aromatic carbocycles. The van der Waals surface area contributed by atoms with E-state index in [1.807, 2.05) is 0 Å². The second-order valence-electron chi connectivity index (χ2n) is 9.36. The summed E-state index contributed by atoms with van der Waals surface area (Å²) < 4.78 is 5.85. The molecule has 2 heterocycles. The molecule has 2 unspecified atom stereocenters. The van der Waals surface area contributed by atoms with Crippen LogP contribution >= 0.6 is 11.3 Å². The van der Waals surface area contributed by atoms with Crippen LogP contribution in [0.15, 0.2) is 35.1 Å². The van der Waals surface area contributed by atoms with Crippen LogP contribution in [0, 0.1) is 11.3 Å². The molecule has 1 aliphatic rings. The van der Waals surface area contributed by atoms with E-state index in [0.29, 0.717) is 21.7 Å². The number of methoxy groups -OCH3 is 1. The van der Waals surface area contributed by atoms with E-state index < -0.39 is 12.0 Å². The molecular formula is C24H27N3O4S. The Hall–Kier alpha value is -2.87. The zero-order chi connectivity index (χ0) is 23.0. The van der Waals surface area contributed by atoms with E-state index in [1.165, 1.54) is 23.3 Å². The van der Waals surface area contributed by atoms with Crippen LogP contribution in [0.5, 0.6) is 0 Å². The number of Topliss-reactive ketones (excluding diaryl/α,β-unsaturated/α-hetero) is 1. The molecule has 0 saturated carbocycles. The number of rotatable bonds is 5. The van der Waals surface area contributed by atoms with Crippen molar-refractivity contribution >= 4 is 33.3 Å². The topological polar surface area (TPSA) is 91.2 Å². The summed E-state index contributed by atoms with van der Waals surface area (Å²) in [4.78, 5) is 40.6. The maximum absolute atomic E-state index is 13.5. The van der Waals surface area contributed by atoms with E-state index in [0.717, 1.165) is 29.5 Å². The number of aryl methyl sites for hydroxylation is 1. The van der Waals surface area contributed by atoms with Crippen LogP contribution in [0.2, 0.25) is 0 Å². The Kier molecular flexibility index (Phi) is 5.99. The molecule has 2 atom stereocenters. The van der Waals surface area contributed by atoms with Gasteiger partial charge >= 0.3 is 5.97 Å². The maximum Gasteiger partial charge on any atom is 0.308 e. The lowest BCUT2D eigenvalue weighted by atomic mass is 9.72. The molecule has 3 aromatic rings. The van der Waals surface area contributed by atoms with Gasteiger partial charge in [-0.25, -0.2) is 0 Å². The van der Waals surface area contributed by atoms with E-state index >= 15 is 0 Å². The van der Waals surface area contributed by atoms with Gasteiger partial charge in [-0.3, -0.25) is 14.4 Å². The summed E-state index contributed by atoms with van der Waals surface area (Å²) in [5, 5.41) is 8.91. The van der Waals surface area contributed by atoms with E-state index in [2.05, 4.69) is 31.1 Å². The van der Waals surface area contributed by atoms with Gasteiger partial charge in [0, 0.05) is 10.4 Å². The number of thiophene rings is 1. The highest BCUT2D eigenvalue weighted by Gasteiger charge is 2.33. The number of ether oxygens (including phenoxy) is 1. The Morgan fingerprint density at radius 1 is 1.25 bits per heavy atom. The van der Waals surface area contributed by atoms with Crippen LogP contribution in [0.4, 0.5) is 0 Å². The molecule has 0 N–H and O–H groups in total. The summed E-state index contributed by atoms with van der Waals surface area (Å²) in [6, 6.07) is 7.47. The number of carbonyl (C=O) groups excluding carboxylic acids is 2. The third-order valence-electron chi connectivity index (χ3n) is 6.37. The largest absolute Gasteiger partial charge is 0.469 e. The number of nitrogens with zero attached hydrogens (tertiary/aromatic N) is 3. The van der Waals surface area contributed by atoms with Crippen molar-refractivity contribution in [1.82, 2.24) is 15.0 Å². The fraction of sp³-hybridized carbons (Fsp3) is 0.458. The van der Waals surface area contributed by atoms with E-state index in [9.17, 15) is 14.4 Å². The predicted molar refractivity (Wildman–Crippen MR) is 123 cm³/mol. The first-order chi connectivity index (χ1) is 15.2. The summed E-state index contributed by atoms with van der Waals surface area (Å²) >= 11 is 1.51. The third kappa shape index (κ3) is 4.11. The van der Waals surface area contributed by atoms with Crippen molar-refractivity contribution in [3.63, 3.8) is 0 Å². The summed E-state index contributed by atoms with van der Waals surface area (Å²) in [5.74, 6) is -0.429. The van der Waals surface area contributed by atoms with Crippen LogP contribution in [-0.4, -0.2) is 33.9 Å². The van der Waals surface area contributed by atoms with Gasteiger partial charge in [-0.15, -0.1) is 16.4 Å². The molecule has 0 saturated heterocycles. The lowest BCUT2D eigenvalue weighted by molar-refractivity contribution is -0.141. The smallest absolute Gasteiger partial charge is 0.308 e. The van der Waals surface area contributed by atoms with Crippen molar-refractivity contribution in [2.45, 2.75) is 52.5 Å². The molecule has 0 radical (unpaired) electrons. The summed E-state index contributed by atoms with van der Waals surface area (Å²) in [6.07, 6.45) is 2.42. The van der Waals surface area contributed by atoms with Gasteiger partial charge in [-0.05, 0) is 36.2 Å². The van der Waals surface area contributed by atoms with Gasteiger partial charge in [0.15, 0.2) is 10.6 Å². The molecule has 32 heavy (non-hydrogen) atoms. The molecule has 0 bridgehead atoms. The highest BCUT2D eigenvalue weighted by molar-refractivity contribution is 7.18. The van der Waals surface area contributed by atoms with Gasteiger partial charge in [0.05, 0.1) is 18.9 Å². The standard InChI is InChI=1S/C24H27N3O4S/c1-24(2,3)15-10-11-16-18(12-15)32-22-20(16)23(30)27(26-25-22)17(13-19(28)31-4)21(29)14-8-6-5-7-9-14/h5-9,15,17H,10-13H2,1-4H3. The Morgan fingerprint density at radius 2 is 1.97 bits per heavy atom. The van der Waals surface area contributed by atoms with Crippen LogP contribution in [-0.2, 0) is 22.4 Å². The van der Waals surface area contributed by atoms with E-state index in [1.54, 1.807) is 30.3 Å². The van der Waals surface area contributed by atoms with Crippen molar-refractivity contribution in [2.75, 3.05) is 7.11 Å². The van der Waals surface area contributed by atoms with Crippen LogP contribution in [0.3, 0.4) is 0 Å². The minimum Gasteiger partial charge on any atom is -0.469 e. The normalized spacial score (nSPS) is 17.1. The number of carbonyl (C=O) groups is 2. The van der Waals surface area contributed by atoms with Gasteiger partial charge in [0.2, 0.25) is 0 Å². The molecule has 8 heteroatoms. The molecule has 0 aliphatic heterocycles. The number of ketones is 1. The van der Waals surface area contributed by atoms with Gasteiger partial charge in [0.1, 0.15) is 6.04 Å². The van der Waals surface area contributed by atoms with Crippen molar-refractivity contribution in [1.29, 1.82) is 0 Å². The average molecular weight is 454 g/mol. The first kappa shape index (κ1) is 22.3. The fourth-order valence-electron chi connectivity index (χ4n) is 4.38. The second kappa shape index (κ2) is 8.58. The van der Waals surface area contributed by atoms with Gasteiger partial charge in [-0.2, -0.15) is 4.68 Å². The third-order valence-corrected chi connectivity index (χ3v) is 7.51. The molecular weight excluding hydrogens is 426 g/mol. The number of hydrogen-bond acceptors (Lipinski definition) is 7. The number of hydrogen-bond donors (Lipinski definition) is 0. The van der Waals surface area contributed by atoms with Gasteiger partial charge in [-0.1, -0.05) is 56.3 Å². The Morgan fingerprint density at radius 3 is 2.62 bits per heavy atom. The maximum atomic E-state index is 13.5. The summed E-state index contributed by atoms with van der Waals surface area (Å²) in [5.41, 5.74) is 1.23. The zero-order valence-corrected chi connectivity index (χ0v) is 19.6. The number of esters is 1. The highest BCUT2D eigenvalue weighted by Crippen LogP contribution is 2.42. The van der Waals surface area contributed by atoms with Crippen molar-refractivity contribution < 1.29 is 14.3 Å². The monoisotopic (exact) mass is 453 g/mol. The summed E-state index contributed by atoms with van der Waals surface area (Å²) in [7, 11) is 1.25. The van der Waals surface area contributed by atoms with Crippen LogP contribution in [0.25, 0.3) is 10.2 Å². The molecule has 1 aliphatic carbocycles. The fourth-order valence-corrected chi connectivity index (χ4v) is 5.61. The SMILES string of the molecule is COC(=O)CC(C(=O)c1ccccc1)n1nnc2sc3c(c2c1=O)CCC(C(C)(C)C)C3. The average Bonchev–Trinajstić information content (AvgIpc) is 3.16. The predicted octanol–water partition coefficient (Wildman–Crippen LogP) is 3.99. The second-order valence-corrected chi connectivity index (χ2v) is 10.4. The molecule has 0 spiro atoms. The highest BCUT2D eigenvalue weighted by atomic mass is 32.1. The number of benzene rings is 1.